The Bertz CT molecular complexity index is 733. The molecule has 0 unspecified atom stereocenters. The van der Waals surface area contributed by atoms with Gasteiger partial charge in [-0.25, -0.2) is 9.97 Å². The smallest absolute Gasteiger partial charge is 0.223 e. The third kappa shape index (κ3) is 2.74. The number of rotatable bonds is 3. The van der Waals surface area contributed by atoms with Crippen molar-refractivity contribution in [3.63, 3.8) is 0 Å². The van der Waals surface area contributed by atoms with Gasteiger partial charge in [-0.05, 0) is 45.9 Å². The first kappa shape index (κ1) is 13.3. The lowest BCUT2D eigenvalue weighted by Crippen LogP contribution is -1.99. The molecule has 0 saturated carbocycles. The van der Waals surface area contributed by atoms with E-state index in [0.29, 0.717) is 15.2 Å². The van der Waals surface area contributed by atoms with Crippen molar-refractivity contribution < 1.29 is 0 Å². The van der Waals surface area contributed by atoms with Crippen LogP contribution in [0.4, 0.5) is 0 Å². The number of benzene rings is 1. The van der Waals surface area contributed by atoms with Gasteiger partial charge in [0.1, 0.15) is 5.03 Å². The fraction of sp³-hybridized carbons (Fsp3) is 0. The van der Waals surface area contributed by atoms with Crippen molar-refractivity contribution in [1.82, 2.24) is 30.2 Å². The highest BCUT2D eigenvalue weighted by Gasteiger charge is 2.13. The van der Waals surface area contributed by atoms with Crippen LogP contribution in [0, 0.1) is 0 Å². The predicted octanol–water partition coefficient (Wildman–Crippen LogP) is 2.91. The number of hydrogen-bond acceptors (Lipinski definition) is 6. The lowest BCUT2D eigenvalue weighted by molar-refractivity contribution is 0.756. The molecular formula is C11H6Cl2N6S. The van der Waals surface area contributed by atoms with Gasteiger partial charge in [0, 0.05) is 0 Å². The van der Waals surface area contributed by atoms with Gasteiger partial charge in [-0.15, -0.1) is 5.10 Å². The summed E-state index contributed by atoms with van der Waals surface area (Å²) >= 11 is 13.0. The molecule has 0 aliphatic heterocycles. The van der Waals surface area contributed by atoms with Crippen molar-refractivity contribution >= 4 is 35.0 Å². The quantitative estimate of drug-likeness (QED) is 0.545. The molecule has 0 N–H and O–H groups in total. The maximum atomic E-state index is 6.03. The van der Waals surface area contributed by atoms with Crippen LogP contribution in [0.25, 0.3) is 5.69 Å². The Morgan fingerprint density at radius 1 is 1.10 bits per heavy atom. The summed E-state index contributed by atoms with van der Waals surface area (Å²) in [6.07, 6.45) is 1.44. The number of para-hydroxylation sites is 1. The summed E-state index contributed by atoms with van der Waals surface area (Å²) in [6.45, 7) is 0. The monoisotopic (exact) mass is 324 g/mol. The van der Waals surface area contributed by atoms with Gasteiger partial charge in [-0.2, -0.15) is 4.68 Å². The fourth-order valence-corrected chi connectivity index (χ4v) is 2.61. The van der Waals surface area contributed by atoms with E-state index < -0.39 is 0 Å². The van der Waals surface area contributed by atoms with Gasteiger partial charge in [0.25, 0.3) is 0 Å². The van der Waals surface area contributed by atoms with E-state index in [0.717, 1.165) is 5.69 Å². The van der Waals surface area contributed by atoms with Crippen LogP contribution in [0.2, 0.25) is 10.3 Å². The number of nitrogens with zero attached hydrogens (tertiary/aromatic N) is 6. The van der Waals surface area contributed by atoms with Crippen LogP contribution in [0.5, 0.6) is 0 Å². The SMILES string of the molecule is Clc1ncc(Cl)c(Sc2nnnn2-c2ccccc2)n1. The molecule has 0 spiro atoms. The molecule has 0 amide bonds. The maximum absolute atomic E-state index is 6.03. The molecular weight excluding hydrogens is 319 g/mol. The average molecular weight is 325 g/mol. The topological polar surface area (TPSA) is 69.4 Å². The molecule has 3 rings (SSSR count). The lowest BCUT2D eigenvalue weighted by Gasteiger charge is -2.04. The molecule has 2 heterocycles. The minimum Gasteiger partial charge on any atom is -0.225 e. The van der Waals surface area contributed by atoms with E-state index in [1.54, 1.807) is 4.68 Å². The van der Waals surface area contributed by atoms with Crippen molar-refractivity contribution in [3.8, 4) is 5.69 Å². The van der Waals surface area contributed by atoms with Crippen molar-refractivity contribution in [2.75, 3.05) is 0 Å². The van der Waals surface area contributed by atoms with Gasteiger partial charge in [-0.3, -0.25) is 0 Å². The molecule has 0 saturated heterocycles. The van der Waals surface area contributed by atoms with Crippen molar-refractivity contribution in [2.24, 2.45) is 0 Å². The first-order chi connectivity index (χ1) is 9.74. The number of hydrogen-bond donors (Lipinski definition) is 0. The molecule has 100 valence electrons. The standard InChI is InChI=1S/C11H6Cl2N6S/c12-8-6-14-10(13)15-9(8)20-11-16-17-18-19(11)7-4-2-1-3-5-7/h1-6H. The summed E-state index contributed by atoms with van der Waals surface area (Å²) in [7, 11) is 0. The second-order valence-electron chi connectivity index (χ2n) is 3.60. The molecule has 0 radical (unpaired) electrons. The predicted molar refractivity (Wildman–Crippen MR) is 75.3 cm³/mol. The average Bonchev–Trinajstić information content (AvgIpc) is 2.92. The first-order valence-electron chi connectivity index (χ1n) is 5.44. The van der Waals surface area contributed by atoms with Gasteiger partial charge < -0.3 is 0 Å². The van der Waals surface area contributed by atoms with Crippen molar-refractivity contribution in [2.45, 2.75) is 10.2 Å². The van der Waals surface area contributed by atoms with Gasteiger partial charge in [0.2, 0.25) is 10.4 Å². The number of halogens is 2. The molecule has 1 aromatic carbocycles. The van der Waals surface area contributed by atoms with E-state index in [4.69, 9.17) is 23.2 Å². The molecule has 9 heteroatoms. The molecule has 0 aliphatic rings. The molecule has 3 aromatic rings. The molecule has 0 aliphatic carbocycles. The van der Waals surface area contributed by atoms with E-state index in [9.17, 15) is 0 Å². The molecule has 6 nitrogen and oxygen atoms in total. The maximum Gasteiger partial charge on any atom is 0.223 e. The largest absolute Gasteiger partial charge is 0.225 e. The minimum absolute atomic E-state index is 0.121. The third-order valence-electron chi connectivity index (χ3n) is 2.31. The normalized spacial score (nSPS) is 10.7. The summed E-state index contributed by atoms with van der Waals surface area (Å²) in [5.74, 6) is 0. The van der Waals surface area contributed by atoms with Gasteiger partial charge in [-0.1, -0.05) is 29.8 Å². The zero-order valence-corrected chi connectivity index (χ0v) is 12.1. The van der Waals surface area contributed by atoms with Crippen LogP contribution in [0.3, 0.4) is 0 Å². The van der Waals surface area contributed by atoms with Gasteiger partial charge in [0.15, 0.2) is 0 Å². The number of tetrazole rings is 1. The van der Waals surface area contributed by atoms with Crippen molar-refractivity contribution in [3.05, 3.63) is 46.8 Å². The van der Waals surface area contributed by atoms with Gasteiger partial charge in [0.05, 0.1) is 16.9 Å². The summed E-state index contributed by atoms with van der Waals surface area (Å²) in [5.41, 5.74) is 0.844. The Balaban J connectivity index is 1.97. The van der Waals surface area contributed by atoms with Crippen LogP contribution in [0.1, 0.15) is 0 Å². The summed E-state index contributed by atoms with van der Waals surface area (Å²) < 4.78 is 1.59. The van der Waals surface area contributed by atoms with Crippen LogP contribution in [0.15, 0.2) is 46.7 Å². The highest BCUT2D eigenvalue weighted by atomic mass is 35.5. The fourth-order valence-electron chi connectivity index (χ4n) is 1.46. The van der Waals surface area contributed by atoms with Crippen molar-refractivity contribution in [1.29, 1.82) is 0 Å². The van der Waals surface area contributed by atoms with Crippen LogP contribution < -0.4 is 0 Å². The minimum atomic E-state index is 0.121. The van der Waals surface area contributed by atoms with Gasteiger partial charge >= 0.3 is 0 Å². The third-order valence-corrected chi connectivity index (χ3v) is 3.82. The first-order valence-corrected chi connectivity index (χ1v) is 7.01. The summed E-state index contributed by atoms with van der Waals surface area (Å²) in [6, 6.07) is 9.52. The van der Waals surface area contributed by atoms with E-state index in [1.807, 2.05) is 30.3 Å². The Morgan fingerprint density at radius 2 is 1.90 bits per heavy atom. The van der Waals surface area contributed by atoms with E-state index in [1.165, 1.54) is 18.0 Å². The molecule has 2 aromatic heterocycles. The molecule has 20 heavy (non-hydrogen) atoms. The van der Waals surface area contributed by atoms with E-state index in [-0.39, 0.29) is 5.28 Å². The van der Waals surface area contributed by atoms with Crippen LogP contribution in [-0.4, -0.2) is 30.2 Å². The molecule has 0 bridgehead atoms. The Labute approximate surface area is 128 Å². The van der Waals surface area contributed by atoms with E-state index >= 15 is 0 Å². The summed E-state index contributed by atoms with van der Waals surface area (Å²) in [5, 5.41) is 13.1. The zero-order valence-electron chi connectivity index (χ0n) is 9.81. The second kappa shape index (κ2) is 5.74. The molecule has 0 atom stereocenters. The highest BCUT2D eigenvalue weighted by molar-refractivity contribution is 7.99. The Morgan fingerprint density at radius 3 is 2.70 bits per heavy atom. The highest BCUT2D eigenvalue weighted by Crippen LogP contribution is 2.31. The Hall–Kier alpha value is -1.70. The van der Waals surface area contributed by atoms with E-state index in [2.05, 4.69) is 25.5 Å². The molecule has 0 fully saturated rings. The van der Waals surface area contributed by atoms with Crippen LogP contribution >= 0.6 is 35.0 Å². The Kier molecular flexibility index (Phi) is 3.81. The summed E-state index contributed by atoms with van der Waals surface area (Å²) in [4.78, 5) is 7.86. The lowest BCUT2D eigenvalue weighted by atomic mass is 10.3. The van der Waals surface area contributed by atoms with Crippen LogP contribution in [-0.2, 0) is 0 Å². The second-order valence-corrected chi connectivity index (χ2v) is 5.30. The zero-order chi connectivity index (χ0) is 13.9. The number of aromatic nitrogens is 6.